The molecule has 6 nitrogen and oxygen atoms in total. The van der Waals surface area contributed by atoms with Crippen LogP contribution in [0.2, 0.25) is 0 Å². The zero-order valence-corrected chi connectivity index (χ0v) is 14.4. The molecule has 0 radical (unpaired) electrons. The summed E-state index contributed by atoms with van der Waals surface area (Å²) in [4.78, 5) is 14.8. The third-order valence-electron chi connectivity index (χ3n) is 4.43. The van der Waals surface area contributed by atoms with Crippen LogP contribution in [-0.2, 0) is 4.74 Å². The van der Waals surface area contributed by atoms with Gasteiger partial charge in [0.2, 0.25) is 5.88 Å². The van der Waals surface area contributed by atoms with Crippen LogP contribution in [0.15, 0.2) is 22.8 Å². The van der Waals surface area contributed by atoms with E-state index in [1.807, 2.05) is 12.1 Å². The third-order valence-corrected chi connectivity index (χ3v) is 4.90. The topological polar surface area (TPSA) is 80.7 Å². The molecule has 2 aliphatic rings. The lowest BCUT2D eigenvalue weighted by atomic mass is 9.89. The first-order chi connectivity index (χ1) is 11.1. The molecular weight excluding hydrogens is 364 g/mol. The summed E-state index contributed by atoms with van der Waals surface area (Å²) in [5.41, 5.74) is 0. The first kappa shape index (κ1) is 16.5. The Kier molecular flexibility index (Phi) is 5.38. The van der Waals surface area contributed by atoms with Crippen molar-refractivity contribution in [2.24, 2.45) is 0 Å². The van der Waals surface area contributed by atoms with E-state index in [4.69, 9.17) is 14.6 Å². The van der Waals surface area contributed by atoms with Crippen LogP contribution in [0.1, 0.15) is 38.5 Å². The van der Waals surface area contributed by atoms with Crippen molar-refractivity contribution in [3.8, 4) is 5.88 Å². The van der Waals surface area contributed by atoms with Crippen molar-refractivity contribution < 1.29 is 19.4 Å². The molecule has 0 spiro atoms. The van der Waals surface area contributed by atoms with Crippen molar-refractivity contribution in [1.82, 2.24) is 10.3 Å². The molecule has 2 saturated carbocycles. The van der Waals surface area contributed by atoms with Crippen molar-refractivity contribution in [1.29, 1.82) is 0 Å². The Balaban J connectivity index is 1.33. The molecule has 2 fully saturated rings. The largest absolute Gasteiger partial charge is 0.474 e. The molecule has 2 aliphatic carbocycles. The second-order valence-electron chi connectivity index (χ2n) is 6.21. The number of hydrogen-bond acceptors (Lipinski definition) is 4. The van der Waals surface area contributed by atoms with Crippen LogP contribution in [0.4, 0.5) is 4.79 Å². The fourth-order valence-corrected chi connectivity index (χ4v) is 3.35. The van der Waals surface area contributed by atoms with Crippen LogP contribution in [0.5, 0.6) is 5.88 Å². The van der Waals surface area contributed by atoms with Gasteiger partial charge < -0.3 is 19.9 Å². The zero-order chi connectivity index (χ0) is 16.2. The Labute approximate surface area is 143 Å². The highest BCUT2D eigenvalue weighted by molar-refractivity contribution is 9.10. The number of rotatable bonds is 5. The highest BCUT2D eigenvalue weighted by Crippen LogP contribution is 2.31. The van der Waals surface area contributed by atoms with E-state index in [-0.39, 0.29) is 24.4 Å². The number of carboxylic acid groups (broad SMARTS) is 1. The van der Waals surface area contributed by atoms with Crippen molar-refractivity contribution in [2.75, 3.05) is 0 Å². The summed E-state index contributed by atoms with van der Waals surface area (Å²) in [5.74, 6) is 0.650. The van der Waals surface area contributed by atoms with Crippen molar-refractivity contribution >= 4 is 22.0 Å². The van der Waals surface area contributed by atoms with Gasteiger partial charge in [-0.1, -0.05) is 0 Å². The van der Waals surface area contributed by atoms with Crippen molar-refractivity contribution in [3.05, 3.63) is 22.8 Å². The van der Waals surface area contributed by atoms with Gasteiger partial charge in [0.1, 0.15) is 6.10 Å². The smallest absolute Gasteiger partial charge is 0.404 e. The second kappa shape index (κ2) is 7.49. The SMILES string of the molecule is O=C(O)N[C@H]1CC[C@H](O[C@H]2C[C@H](Oc3ccc(Br)cn3)C2)CC1. The summed E-state index contributed by atoms with van der Waals surface area (Å²) < 4.78 is 12.8. The number of ether oxygens (including phenoxy) is 2. The molecule has 1 aromatic rings. The Hall–Kier alpha value is -1.34. The number of nitrogens with one attached hydrogen (secondary N) is 1. The normalized spacial score (nSPS) is 30.3. The Morgan fingerprint density at radius 1 is 1.17 bits per heavy atom. The van der Waals surface area contributed by atoms with Gasteiger partial charge in [-0.05, 0) is 47.7 Å². The molecule has 0 unspecified atom stereocenters. The summed E-state index contributed by atoms with van der Waals surface area (Å²) in [7, 11) is 0. The fraction of sp³-hybridized carbons (Fsp3) is 0.625. The van der Waals surface area contributed by atoms with Crippen molar-refractivity contribution in [3.63, 3.8) is 0 Å². The molecule has 126 valence electrons. The molecule has 1 aromatic heterocycles. The average Bonchev–Trinajstić information content (AvgIpc) is 2.48. The van der Waals surface area contributed by atoms with Gasteiger partial charge in [0, 0.05) is 35.6 Å². The second-order valence-corrected chi connectivity index (χ2v) is 7.12. The predicted octanol–water partition coefficient (Wildman–Crippen LogP) is 3.35. The third kappa shape index (κ3) is 4.81. The number of hydrogen-bond donors (Lipinski definition) is 2. The maximum atomic E-state index is 10.6. The van der Waals surface area contributed by atoms with Crippen LogP contribution < -0.4 is 10.1 Å². The van der Waals surface area contributed by atoms with Crippen molar-refractivity contribution in [2.45, 2.75) is 62.9 Å². The highest BCUT2D eigenvalue weighted by Gasteiger charge is 2.35. The lowest BCUT2D eigenvalue weighted by Gasteiger charge is -2.38. The van der Waals surface area contributed by atoms with Crippen LogP contribution >= 0.6 is 15.9 Å². The number of pyridine rings is 1. The van der Waals surface area contributed by atoms with E-state index < -0.39 is 6.09 Å². The Bertz CT molecular complexity index is 525. The molecule has 23 heavy (non-hydrogen) atoms. The molecule has 1 amide bonds. The lowest BCUT2D eigenvalue weighted by molar-refractivity contribution is -0.107. The predicted molar refractivity (Wildman–Crippen MR) is 87.7 cm³/mol. The van der Waals surface area contributed by atoms with Crippen LogP contribution in [0.25, 0.3) is 0 Å². The van der Waals surface area contributed by atoms with Gasteiger partial charge >= 0.3 is 6.09 Å². The minimum absolute atomic E-state index is 0.0771. The minimum Gasteiger partial charge on any atom is -0.474 e. The molecule has 3 rings (SSSR count). The number of halogens is 1. The highest BCUT2D eigenvalue weighted by atomic mass is 79.9. The monoisotopic (exact) mass is 384 g/mol. The molecule has 1 heterocycles. The zero-order valence-electron chi connectivity index (χ0n) is 12.8. The summed E-state index contributed by atoms with van der Waals surface area (Å²) in [6, 6.07) is 3.85. The molecule has 0 bridgehead atoms. The number of amides is 1. The van der Waals surface area contributed by atoms with E-state index in [9.17, 15) is 4.79 Å². The number of aromatic nitrogens is 1. The van der Waals surface area contributed by atoms with E-state index in [0.29, 0.717) is 5.88 Å². The number of nitrogens with zero attached hydrogens (tertiary/aromatic N) is 1. The van der Waals surface area contributed by atoms with Gasteiger partial charge in [-0.2, -0.15) is 0 Å². The molecule has 7 heteroatoms. The lowest BCUT2D eigenvalue weighted by Crippen LogP contribution is -2.44. The van der Waals surface area contributed by atoms with E-state index in [0.717, 1.165) is 43.0 Å². The Morgan fingerprint density at radius 3 is 2.52 bits per heavy atom. The summed E-state index contributed by atoms with van der Waals surface area (Å²) >= 11 is 3.35. The van der Waals surface area contributed by atoms with Gasteiger partial charge in [-0.15, -0.1) is 0 Å². The molecule has 0 aliphatic heterocycles. The van der Waals surface area contributed by atoms with Crippen LogP contribution in [-0.4, -0.2) is 40.5 Å². The molecule has 0 aromatic carbocycles. The van der Waals surface area contributed by atoms with Gasteiger partial charge in [0.15, 0.2) is 0 Å². The summed E-state index contributed by atoms with van der Waals surface area (Å²) in [6.45, 7) is 0. The molecular formula is C16H21BrN2O4. The van der Waals surface area contributed by atoms with Gasteiger partial charge in [-0.3, -0.25) is 0 Å². The van der Waals surface area contributed by atoms with Gasteiger partial charge in [0.05, 0.1) is 12.2 Å². The summed E-state index contributed by atoms with van der Waals surface area (Å²) in [5, 5.41) is 11.3. The molecule has 0 saturated heterocycles. The standard InChI is InChI=1S/C16H21BrN2O4/c17-10-1-6-15(18-9-10)23-14-7-13(8-14)22-12-4-2-11(3-5-12)19-16(20)21/h1,6,9,11-14,19H,2-5,7-8H2,(H,20,21)/t11-,12-,13-,14-. The quantitative estimate of drug-likeness (QED) is 0.813. The van der Waals surface area contributed by atoms with Gasteiger partial charge in [0.25, 0.3) is 0 Å². The number of carbonyl (C=O) groups is 1. The minimum atomic E-state index is -0.935. The maximum Gasteiger partial charge on any atom is 0.404 e. The summed E-state index contributed by atoms with van der Waals surface area (Å²) in [6.07, 6.45) is 6.81. The maximum absolute atomic E-state index is 10.6. The molecule has 0 atom stereocenters. The molecule has 2 N–H and O–H groups in total. The Morgan fingerprint density at radius 2 is 1.91 bits per heavy atom. The van der Waals surface area contributed by atoms with Crippen LogP contribution in [0.3, 0.4) is 0 Å². The van der Waals surface area contributed by atoms with E-state index >= 15 is 0 Å². The van der Waals surface area contributed by atoms with E-state index in [1.165, 1.54) is 0 Å². The first-order valence-electron chi connectivity index (χ1n) is 8.01. The van der Waals surface area contributed by atoms with Gasteiger partial charge in [-0.25, -0.2) is 9.78 Å². The van der Waals surface area contributed by atoms with E-state index in [2.05, 4.69) is 26.2 Å². The van der Waals surface area contributed by atoms with Crippen LogP contribution in [0, 0.1) is 0 Å². The average molecular weight is 385 g/mol. The first-order valence-corrected chi connectivity index (χ1v) is 8.81. The fourth-order valence-electron chi connectivity index (χ4n) is 3.12. The van der Waals surface area contributed by atoms with E-state index in [1.54, 1.807) is 6.20 Å².